The molecule has 2 heteroatoms. The van der Waals surface area contributed by atoms with E-state index in [-0.39, 0.29) is 0 Å². The molecule has 2 aromatic carbocycles. The molecule has 112 valence electrons. The number of nitrogens with one attached hydrogen (secondary N) is 1. The SMILES string of the molecule is Cc1cc(C)c(C(C)Nc2ccc(N(C)C)cc2)c(C)c1. The lowest BCUT2D eigenvalue weighted by Crippen LogP contribution is -2.11. The average molecular weight is 282 g/mol. The van der Waals surface area contributed by atoms with Crippen molar-refractivity contribution >= 4 is 11.4 Å². The third-order valence-corrected chi connectivity index (χ3v) is 3.94. The molecule has 1 atom stereocenters. The molecule has 0 aliphatic carbocycles. The Hall–Kier alpha value is -1.96. The van der Waals surface area contributed by atoms with Gasteiger partial charge in [0.15, 0.2) is 0 Å². The lowest BCUT2D eigenvalue weighted by Gasteiger charge is -2.21. The van der Waals surface area contributed by atoms with E-state index < -0.39 is 0 Å². The van der Waals surface area contributed by atoms with Crippen LogP contribution in [0.3, 0.4) is 0 Å². The van der Waals surface area contributed by atoms with E-state index in [0.717, 1.165) is 5.69 Å². The largest absolute Gasteiger partial charge is 0.378 e. The minimum absolute atomic E-state index is 0.302. The summed E-state index contributed by atoms with van der Waals surface area (Å²) in [6, 6.07) is 13.4. The van der Waals surface area contributed by atoms with E-state index in [4.69, 9.17) is 0 Å². The minimum atomic E-state index is 0.302. The summed E-state index contributed by atoms with van der Waals surface area (Å²) < 4.78 is 0. The monoisotopic (exact) mass is 282 g/mol. The van der Waals surface area contributed by atoms with Gasteiger partial charge in [-0.2, -0.15) is 0 Å². The van der Waals surface area contributed by atoms with Crippen molar-refractivity contribution in [3.8, 4) is 0 Å². The first-order chi connectivity index (χ1) is 9.88. The smallest absolute Gasteiger partial charge is 0.0490 e. The molecule has 2 nitrogen and oxygen atoms in total. The quantitative estimate of drug-likeness (QED) is 0.862. The predicted octanol–water partition coefficient (Wildman–Crippen LogP) is 4.85. The first kappa shape index (κ1) is 15.4. The fraction of sp³-hybridized carbons (Fsp3) is 0.368. The Morgan fingerprint density at radius 2 is 1.43 bits per heavy atom. The summed E-state index contributed by atoms with van der Waals surface area (Å²) in [7, 11) is 4.12. The van der Waals surface area contributed by atoms with Crippen LogP contribution in [-0.4, -0.2) is 14.1 Å². The Kier molecular flexibility index (Phi) is 4.56. The van der Waals surface area contributed by atoms with Gasteiger partial charge in [0.2, 0.25) is 0 Å². The van der Waals surface area contributed by atoms with Gasteiger partial charge in [0.1, 0.15) is 0 Å². The van der Waals surface area contributed by atoms with Crippen molar-refractivity contribution in [3.05, 3.63) is 58.7 Å². The second-order valence-electron chi connectivity index (χ2n) is 6.12. The zero-order chi connectivity index (χ0) is 15.6. The molecule has 0 spiro atoms. The van der Waals surface area contributed by atoms with E-state index in [9.17, 15) is 0 Å². The molecule has 0 fully saturated rings. The van der Waals surface area contributed by atoms with Gasteiger partial charge in [0, 0.05) is 31.5 Å². The Morgan fingerprint density at radius 3 is 1.90 bits per heavy atom. The number of anilines is 2. The Bertz CT molecular complexity index is 589. The van der Waals surface area contributed by atoms with Crippen LogP contribution in [0.2, 0.25) is 0 Å². The lowest BCUT2D eigenvalue weighted by molar-refractivity contribution is 0.862. The van der Waals surface area contributed by atoms with Gasteiger partial charge >= 0.3 is 0 Å². The normalized spacial score (nSPS) is 12.1. The highest BCUT2D eigenvalue weighted by molar-refractivity contribution is 5.55. The molecule has 0 saturated carbocycles. The molecule has 2 rings (SSSR count). The standard InChI is InChI=1S/C19H26N2/c1-13-11-14(2)19(15(3)12-13)16(4)20-17-7-9-18(10-8-17)21(5)6/h7-12,16,20H,1-6H3. The van der Waals surface area contributed by atoms with Crippen LogP contribution >= 0.6 is 0 Å². The molecule has 1 N–H and O–H groups in total. The van der Waals surface area contributed by atoms with Crippen molar-refractivity contribution < 1.29 is 0 Å². The van der Waals surface area contributed by atoms with Crippen LogP contribution in [0, 0.1) is 20.8 Å². The maximum atomic E-state index is 3.61. The molecular weight excluding hydrogens is 256 g/mol. The molecule has 21 heavy (non-hydrogen) atoms. The zero-order valence-corrected chi connectivity index (χ0v) is 14.0. The van der Waals surface area contributed by atoms with Gasteiger partial charge in [-0.1, -0.05) is 17.7 Å². The molecule has 1 unspecified atom stereocenters. The van der Waals surface area contributed by atoms with Crippen LogP contribution in [0.4, 0.5) is 11.4 Å². The summed E-state index contributed by atoms with van der Waals surface area (Å²) in [4.78, 5) is 2.11. The molecule has 0 aromatic heterocycles. The molecule has 0 amide bonds. The van der Waals surface area contributed by atoms with Crippen molar-refractivity contribution in [3.63, 3.8) is 0 Å². The molecule has 0 aliphatic heterocycles. The first-order valence-corrected chi connectivity index (χ1v) is 7.50. The minimum Gasteiger partial charge on any atom is -0.378 e. The van der Waals surface area contributed by atoms with Crippen molar-refractivity contribution in [2.24, 2.45) is 0 Å². The van der Waals surface area contributed by atoms with E-state index in [1.807, 2.05) is 0 Å². The molecule has 0 aliphatic rings. The van der Waals surface area contributed by atoms with Gasteiger partial charge in [0.25, 0.3) is 0 Å². The molecule has 0 radical (unpaired) electrons. The van der Waals surface area contributed by atoms with Gasteiger partial charge in [-0.15, -0.1) is 0 Å². The first-order valence-electron chi connectivity index (χ1n) is 7.50. The maximum absolute atomic E-state index is 3.61. The Labute approximate surface area is 128 Å². The van der Waals surface area contributed by atoms with E-state index in [1.54, 1.807) is 0 Å². The van der Waals surface area contributed by atoms with E-state index >= 15 is 0 Å². The van der Waals surface area contributed by atoms with Gasteiger partial charge in [-0.05, 0) is 68.7 Å². The maximum Gasteiger partial charge on any atom is 0.0490 e. The van der Waals surface area contributed by atoms with E-state index in [1.165, 1.54) is 27.9 Å². The second-order valence-corrected chi connectivity index (χ2v) is 6.12. The molecule has 0 saturated heterocycles. The Balaban J connectivity index is 2.20. The summed E-state index contributed by atoms with van der Waals surface area (Å²) >= 11 is 0. The van der Waals surface area contributed by atoms with Crippen LogP contribution < -0.4 is 10.2 Å². The number of hydrogen-bond acceptors (Lipinski definition) is 2. The molecule has 0 heterocycles. The number of hydrogen-bond donors (Lipinski definition) is 1. The van der Waals surface area contributed by atoms with Crippen LogP contribution in [-0.2, 0) is 0 Å². The fourth-order valence-corrected chi connectivity index (χ4v) is 3.05. The van der Waals surface area contributed by atoms with Crippen molar-refractivity contribution in [2.45, 2.75) is 33.7 Å². The Morgan fingerprint density at radius 1 is 0.905 bits per heavy atom. The van der Waals surface area contributed by atoms with Gasteiger partial charge in [-0.25, -0.2) is 0 Å². The third kappa shape index (κ3) is 3.57. The number of rotatable bonds is 4. The van der Waals surface area contributed by atoms with Crippen molar-refractivity contribution in [1.29, 1.82) is 0 Å². The fourth-order valence-electron chi connectivity index (χ4n) is 3.05. The lowest BCUT2D eigenvalue weighted by atomic mass is 9.95. The third-order valence-electron chi connectivity index (χ3n) is 3.94. The molecular formula is C19H26N2. The van der Waals surface area contributed by atoms with Crippen molar-refractivity contribution in [1.82, 2.24) is 0 Å². The topological polar surface area (TPSA) is 15.3 Å². The zero-order valence-electron chi connectivity index (χ0n) is 14.0. The average Bonchev–Trinajstić information content (AvgIpc) is 2.37. The second kappa shape index (κ2) is 6.21. The predicted molar refractivity (Wildman–Crippen MR) is 93.5 cm³/mol. The van der Waals surface area contributed by atoms with Gasteiger partial charge in [-0.3, -0.25) is 0 Å². The summed E-state index contributed by atoms with van der Waals surface area (Å²) in [6.45, 7) is 8.78. The van der Waals surface area contributed by atoms with Gasteiger partial charge in [0.05, 0.1) is 0 Å². The van der Waals surface area contributed by atoms with Crippen LogP contribution in [0.1, 0.15) is 35.2 Å². The highest BCUT2D eigenvalue weighted by Gasteiger charge is 2.12. The van der Waals surface area contributed by atoms with E-state index in [0.29, 0.717) is 6.04 Å². The highest BCUT2D eigenvalue weighted by atomic mass is 15.1. The summed E-state index contributed by atoms with van der Waals surface area (Å²) in [5, 5.41) is 3.61. The van der Waals surface area contributed by atoms with Crippen LogP contribution in [0.15, 0.2) is 36.4 Å². The van der Waals surface area contributed by atoms with E-state index in [2.05, 4.69) is 88.4 Å². The summed E-state index contributed by atoms with van der Waals surface area (Å²) in [5.41, 5.74) is 7.83. The highest BCUT2D eigenvalue weighted by Crippen LogP contribution is 2.27. The molecule has 0 bridgehead atoms. The summed E-state index contributed by atoms with van der Waals surface area (Å²) in [5.74, 6) is 0. The number of benzene rings is 2. The summed E-state index contributed by atoms with van der Waals surface area (Å²) in [6.07, 6.45) is 0. The van der Waals surface area contributed by atoms with Crippen molar-refractivity contribution in [2.75, 3.05) is 24.3 Å². The van der Waals surface area contributed by atoms with Crippen LogP contribution in [0.5, 0.6) is 0 Å². The number of nitrogens with zero attached hydrogens (tertiary/aromatic N) is 1. The van der Waals surface area contributed by atoms with Crippen LogP contribution in [0.25, 0.3) is 0 Å². The molecule has 2 aromatic rings. The van der Waals surface area contributed by atoms with Gasteiger partial charge < -0.3 is 10.2 Å². The number of aryl methyl sites for hydroxylation is 3.